The fourth-order valence-electron chi connectivity index (χ4n) is 3.64. The number of amides is 1. The van der Waals surface area contributed by atoms with Crippen LogP contribution in [-0.2, 0) is 16.6 Å². The zero-order valence-electron chi connectivity index (χ0n) is 18.5. The molecule has 0 aliphatic carbocycles. The summed E-state index contributed by atoms with van der Waals surface area (Å²) in [5.41, 5.74) is 1.97. The third-order valence-corrected chi connectivity index (χ3v) is 6.72. The third-order valence-electron chi connectivity index (χ3n) is 5.36. The van der Waals surface area contributed by atoms with Crippen molar-refractivity contribution in [3.63, 3.8) is 0 Å². The lowest BCUT2D eigenvalue weighted by Gasteiger charge is -2.19. The van der Waals surface area contributed by atoms with Crippen LogP contribution in [0.1, 0.15) is 15.9 Å². The van der Waals surface area contributed by atoms with Crippen molar-refractivity contribution < 1.29 is 22.7 Å². The van der Waals surface area contributed by atoms with E-state index in [1.165, 1.54) is 18.2 Å². The summed E-state index contributed by atoms with van der Waals surface area (Å²) in [6.45, 7) is 1.37. The van der Waals surface area contributed by atoms with Gasteiger partial charge in [-0.25, -0.2) is 8.42 Å². The number of hydrogen-bond donors (Lipinski definition) is 2. The Kier molecular flexibility index (Phi) is 6.11. The summed E-state index contributed by atoms with van der Waals surface area (Å²) < 4.78 is 41.3. The van der Waals surface area contributed by atoms with Gasteiger partial charge in [0.05, 0.1) is 22.7 Å². The summed E-state index contributed by atoms with van der Waals surface area (Å²) in [6.07, 6.45) is 3.59. The number of hydrogen-bond acceptors (Lipinski definition) is 6. The van der Waals surface area contributed by atoms with E-state index in [2.05, 4.69) is 15.1 Å². The maximum absolute atomic E-state index is 13.0. The van der Waals surface area contributed by atoms with Gasteiger partial charge in [-0.3, -0.25) is 14.2 Å². The molecule has 5 rings (SSSR count). The molecule has 0 saturated carbocycles. The molecular weight excluding hydrogens is 468 g/mol. The average Bonchev–Trinajstić information content (AvgIpc) is 3.38. The molecular formula is C25H22N4O5S. The van der Waals surface area contributed by atoms with Gasteiger partial charge >= 0.3 is 0 Å². The lowest BCUT2D eigenvalue weighted by Crippen LogP contribution is -2.19. The highest BCUT2D eigenvalue weighted by Gasteiger charge is 2.22. The first-order valence-corrected chi connectivity index (χ1v) is 12.4. The van der Waals surface area contributed by atoms with Gasteiger partial charge in [-0.1, -0.05) is 24.3 Å². The van der Waals surface area contributed by atoms with Crippen LogP contribution in [0.3, 0.4) is 0 Å². The van der Waals surface area contributed by atoms with Gasteiger partial charge in [-0.05, 0) is 48.0 Å². The van der Waals surface area contributed by atoms with Crippen molar-refractivity contribution >= 4 is 27.3 Å². The van der Waals surface area contributed by atoms with Crippen LogP contribution in [0.2, 0.25) is 0 Å². The number of ether oxygens (including phenoxy) is 2. The largest absolute Gasteiger partial charge is 0.486 e. The van der Waals surface area contributed by atoms with E-state index in [0.29, 0.717) is 36.9 Å². The first-order valence-electron chi connectivity index (χ1n) is 10.9. The number of rotatable bonds is 7. The molecule has 1 aromatic heterocycles. The minimum Gasteiger partial charge on any atom is -0.486 e. The molecule has 35 heavy (non-hydrogen) atoms. The minimum atomic E-state index is -3.98. The van der Waals surface area contributed by atoms with Crippen molar-refractivity contribution in [2.75, 3.05) is 23.3 Å². The smallest absolute Gasteiger partial charge is 0.262 e. The van der Waals surface area contributed by atoms with Gasteiger partial charge in [-0.2, -0.15) is 5.10 Å². The summed E-state index contributed by atoms with van der Waals surface area (Å²) in [5, 5.41) is 7.00. The summed E-state index contributed by atoms with van der Waals surface area (Å²) in [4.78, 5) is 13.0. The molecule has 0 atom stereocenters. The Morgan fingerprint density at radius 2 is 1.71 bits per heavy atom. The van der Waals surface area contributed by atoms with E-state index in [1.54, 1.807) is 47.3 Å². The molecule has 0 saturated heterocycles. The van der Waals surface area contributed by atoms with Gasteiger partial charge in [0.15, 0.2) is 11.5 Å². The molecule has 1 aliphatic rings. The number of fused-ring (bicyclic) bond motifs is 1. The van der Waals surface area contributed by atoms with Crippen molar-refractivity contribution in [2.24, 2.45) is 0 Å². The highest BCUT2D eigenvalue weighted by atomic mass is 32.2. The Morgan fingerprint density at radius 1 is 0.943 bits per heavy atom. The Hall–Kier alpha value is -4.31. The molecule has 1 amide bonds. The molecule has 2 heterocycles. The molecule has 0 spiro atoms. The lowest BCUT2D eigenvalue weighted by atomic mass is 10.1. The van der Waals surface area contributed by atoms with Crippen LogP contribution in [0, 0.1) is 0 Å². The predicted molar refractivity (Wildman–Crippen MR) is 130 cm³/mol. The Balaban J connectivity index is 1.32. The number of nitrogens with zero attached hydrogens (tertiary/aromatic N) is 2. The van der Waals surface area contributed by atoms with E-state index in [0.717, 1.165) is 5.56 Å². The first kappa shape index (κ1) is 22.5. The van der Waals surface area contributed by atoms with Gasteiger partial charge in [0.1, 0.15) is 13.2 Å². The van der Waals surface area contributed by atoms with Crippen LogP contribution in [0.15, 0.2) is 90.1 Å². The standard InChI is InChI=1S/C25H22N4O5S/c30-25(27-19-8-6-18(7-9-19)17-29-13-3-12-26-29)21-4-1-2-5-22(21)28-35(31,32)20-10-11-23-24(16-20)34-15-14-33-23/h1-13,16,28H,14-15,17H2,(H,27,30). The first-order chi connectivity index (χ1) is 17.0. The van der Waals surface area contributed by atoms with E-state index in [9.17, 15) is 13.2 Å². The second-order valence-corrected chi connectivity index (χ2v) is 9.49. The van der Waals surface area contributed by atoms with Crippen molar-refractivity contribution in [3.05, 3.63) is 96.3 Å². The van der Waals surface area contributed by atoms with Gasteiger partial charge in [-0.15, -0.1) is 0 Å². The SMILES string of the molecule is O=C(Nc1ccc(Cn2cccn2)cc1)c1ccccc1NS(=O)(=O)c1ccc2c(c1)OCCO2. The number of benzene rings is 3. The highest BCUT2D eigenvalue weighted by molar-refractivity contribution is 7.92. The molecule has 4 aromatic rings. The molecule has 9 nitrogen and oxygen atoms in total. The predicted octanol–water partition coefficient (Wildman–Crippen LogP) is 3.76. The minimum absolute atomic E-state index is 0.00438. The molecule has 178 valence electrons. The van der Waals surface area contributed by atoms with Crippen molar-refractivity contribution in [1.29, 1.82) is 0 Å². The second-order valence-electron chi connectivity index (χ2n) is 7.81. The van der Waals surface area contributed by atoms with E-state index in [-0.39, 0.29) is 16.1 Å². The average molecular weight is 491 g/mol. The third kappa shape index (κ3) is 5.12. The van der Waals surface area contributed by atoms with Crippen LogP contribution in [0.5, 0.6) is 11.5 Å². The number of sulfonamides is 1. The molecule has 0 bridgehead atoms. The van der Waals surface area contributed by atoms with Gasteiger partial charge in [0.25, 0.3) is 15.9 Å². The Labute approximate surface area is 202 Å². The molecule has 1 aliphatic heterocycles. The molecule has 0 unspecified atom stereocenters. The van der Waals surface area contributed by atoms with Crippen LogP contribution in [-0.4, -0.2) is 37.3 Å². The van der Waals surface area contributed by atoms with E-state index in [4.69, 9.17) is 9.47 Å². The van der Waals surface area contributed by atoms with Gasteiger partial charge in [0.2, 0.25) is 0 Å². The highest BCUT2D eigenvalue weighted by Crippen LogP contribution is 2.33. The molecule has 0 fully saturated rings. The number of para-hydroxylation sites is 1. The molecule has 10 heteroatoms. The molecule has 2 N–H and O–H groups in total. The topological polar surface area (TPSA) is 112 Å². The van der Waals surface area contributed by atoms with Crippen molar-refractivity contribution in [1.82, 2.24) is 9.78 Å². The zero-order valence-corrected chi connectivity index (χ0v) is 19.4. The van der Waals surface area contributed by atoms with Crippen LogP contribution >= 0.6 is 0 Å². The number of carbonyl (C=O) groups is 1. The van der Waals surface area contributed by atoms with E-state index in [1.807, 2.05) is 24.4 Å². The molecule has 3 aromatic carbocycles. The number of anilines is 2. The Morgan fingerprint density at radius 3 is 2.49 bits per heavy atom. The monoisotopic (exact) mass is 490 g/mol. The Bertz CT molecular complexity index is 1450. The van der Waals surface area contributed by atoms with Crippen LogP contribution in [0.25, 0.3) is 0 Å². The molecule has 0 radical (unpaired) electrons. The maximum atomic E-state index is 13.0. The normalized spacial score (nSPS) is 12.7. The fraction of sp³-hybridized carbons (Fsp3) is 0.120. The van der Waals surface area contributed by atoms with Crippen LogP contribution < -0.4 is 19.5 Å². The number of nitrogens with one attached hydrogen (secondary N) is 2. The summed E-state index contributed by atoms with van der Waals surface area (Å²) in [6, 6.07) is 20.0. The summed E-state index contributed by atoms with van der Waals surface area (Å²) in [7, 11) is -3.98. The fourth-order valence-corrected chi connectivity index (χ4v) is 4.73. The van der Waals surface area contributed by atoms with Crippen molar-refractivity contribution in [2.45, 2.75) is 11.4 Å². The zero-order chi connectivity index (χ0) is 24.3. The second kappa shape index (κ2) is 9.51. The van der Waals surface area contributed by atoms with Gasteiger partial charge in [0, 0.05) is 24.1 Å². The summed E-state index contributed by atoms with van der Waals surface area (Å²) in [5.74, 6) is 0.414. The summed E-state index contributed by atoms with van der Waals surface area (Å²) >= 11 is 0. The van der Waals surface area contributed by atoms with E-state index >= 15 is 0 Å². The van der Waals surface area contributed by atoms with E-state index < -0.39 is 15.9 Å². The quantitative estimate of drug-likeness (QED) is 0.408. The van der Waals surface area contributed by atoms with Gasteiger partial charge < -0.3 is 14.8 Å². The number of carbonyl (C=O) groups excluding carboxylic acids is 1. The lowest BCUT2D eigenvalue weighted by molar-refractivity contribution is 0.102. The van der Waals surface area contributed by atoms with Crippen LogP contribution in [0.4, 0.5) is 11.4 Å². The number of aromatic nitrogens is 2. The maximum Gasteiger partial charge on any atom is 0.262 e. The van der Waals surface area contributed by atoms with Crippen molar-refractivity contribution in [3.8, 4) is 11.5 Å².